The second-order valence-electron chi connectivity index (χ2n) is 5.32. The molecule has 1 amide bonds. The molecule has 1 N–H and O–H groups in total. The molecule has 4 nitrogen and oxygen atoms in total. The first-order valence-corrected chi connectivity index (χ1v) is 6.82. The standard InChI is InChI=1S/C13H17ClN2O2.ClH/c14-11-2-1-10(18-11)12(17)16-7-4-13(5-8-16)3-6-15-9-13;/h1-2,15H,3-9H2;1H. The SMILES string of the molecule is Cl.O=C(c1ccc(Cl)o1)N1CCC2(CCNC2)CC1. The van der Waals surface area contributed by atoms with Crippen LogP contribution in [-0.4, -0.2) is 37.0 Å². The fourth-order valence-corrected chi connectivity index (χ4v) is 3.14. The maximum Gasteiger partial charge on any atom is 0.289 e. The number of amides is 1. The second-order valence-corrected chi connectivity index (χ2v) is 5.70. The Hall–Kier alpha value is -0.710. The monoisotopic (exact) mass is 304 g/mol. The highest BCUT2D eigenvalue weighted by atomic mass is 35.5. The first-order chi connectivity index (χ1) is 8.69. The van der Waals surface area contributed by atoms with Crippen molar-refractivity contribution < 1.29 is 9.21 Å². The predicted octanol–water partition coefficient (Wildman–Crippen LogP) is 2.57. The van der Waals surface area contributed by atoms with Gasteiger partial charge in [0.15, 0.2) is 11.0 Å². The molecular formula is C13H18Cl2N2O2. The van der Waals surface area contributed by atoms with Crippen molar-refractivity contribution in [2.24, 2.45) is 5.41 Å². The van der Waals surface area contributed by atoms with Gasteiger partial charge >= 0.3 is 0 Å². The fraction of sp³-hybridized carbons (Fsp3) is 0.615. The molecule has 1 spiro atoms. The van der Waals surface area contributed by atoms with E-state index in [1.807, 2.05) is 4.90 Å². The van der Waals surface area contributed by atoms with Crippen molar-refractivity contribution in [2.75, 3.05) is 26.2 Å². The van der Waals surface area contributed by atoms with E-state index >= 15 is 0 Å². The van der Waals surface area contributed by atoms with Crippen LogP contribution in [0.4, 0.5) is 0 Å². The lowest BCUT2D eigenvalue weighted by Gasteiger charge is -2.38. The van der Waals surface area contributed by atoms with Gasteiger partial charge in [-0.1, -0.05) is 0 Å². The lowest BCUT2D eigenvalue weighted by Crippen LogP contribution is -2.43. The lowest BCUT2D eigenvalue weighted by atomic mass is 9.78. The smallest absolute Gasteiger partial charge is 0.289 e. The molecule has 2 aliphatic heterocycles. The largest absolute Gasteiger partial charge is 0.440 e. The van der Waals surface area contributed by atoms with Crippen LogP contribution in [0.5, 0.6) is 0 Å². The Morgan fingerprint density at radius 3 is 2.58 bits per heavy atom. The predicted molar refractivity (Wildman–Crippen MR) is 76.0 cm³/mol. The average molecular weight is 305 g/mol. The quantitative estimate of drug-likeness (QED) is 0.867. The van der Waals surface area contributed by atoms with Crippen molar-refractivity contribution in [3.63, 3.8) is 0 Å². The van der Waals surface area contributed by atoms with E-state index in [0.29, 0.717) is 11.2 Å². The van der Waals surface area contributed by atoms with Gasteiger partial charge < -0.3 is 14.6 Å². The first kappa shape index (κ1) is 14.7. The van der Waals surface area contributed by atoms with Gasteiger partial charge in [0.2, 0.25) is 0 Å². The summed E-state index contributed by atoms with van der Waals surface area (Å²) in [6.45, 7) is 3.85. The highest BCUT2D eigenvalue weighted by molar-refractivity contribution is 6.29. The van der Waals surface area contributed by atoms with Crippen LogP contribution < -0.4 is 5.32 Å². The van der Waals surface area contributed by atoms with E-state index in [-0.39, 0.29) is 23.5 Å². The Morgan fingerprint density at radius 2 is 2.05 bits per heavy atom. The van der Waals surface area contributed by atoms with E-state index in [4.69, 9.17) is 16.0 Å². The molecule has 19 heavy (non-hydrogen) atoms. The maximum absolute atomic E-state index is 12.2. The number of piperidine rings is 1. The summed E-state index contributed by atoms with van der Waals surface area (Å²) in [6, 6.07) is 3.26. The van der Waals surface area contributed by atoms with Crippen molar-refractivity contribution in [1.82, 2.24) is 10.2 Å². The van der Waals surface area contributed by atoms with Crippen molar-refractivity contribution >= 4 is 29.9 Å². The Bertz CT molecular complexity index is 445. The normalized spacial score (nSPS) is 21.4. The van der Waals surface area contributed by atoms with E-state index in [1.165, 1.54) is 6.42 Å². The van der Waals surface area contributed by atoms with Gasteiger partial charge in [-0.2, -0.15) is 0 Å². The summed E-state index contributed by atoms with van der Waals surface area (Å²) in [6.07, 6.45) is 3.40. The van der Waals surface area contributed by atoms with Gasteiger partial charge in [0.1, 0.15) is 0 Å². The highest BCUT2D eigenvalue weighted by Crippen LogP contribution is 2.37. The number of hydrogen-bond acceptors (Lipinski definition) is 3. The molecule has 0 aliphatic carbocycles. The summed E-state index contributed by atoms with van der Waals surface area (Å²) in [4.78, 5) is 14.0. The van der Waals surface area contributed by atoms with Crippen molar-refractivity contribution in [1.29, 1.82) is 0 Å². The van der Waals surface area contributed by atoms with Gasteiger partial charge in [-0.05, 0) is 55.0 Å². The zero-order valence-corrected chi connectivity index (χ0v) is 12.2. The van der Waals surface area contributed by atoms with Crippen molar-refractivity contribution in [3.8, 4) is 0 Å². The third-order valence-corrected chi connectivity index (χ3v) is 4.43. The summed E-state index contributed by atoms with van der Waals surface area (Å²) in [5.41, 5.74) is 0.428. The molecule has 106 valence electrons. The maximum atomic E-state index is 12.2. The van der Waals surface area contributed by atoms with Gasteiger partial charge in [0.25, 0.3) is 5.91 Å². The zero-order valence-electron chi connectivity index (χ0n) is 10.7. The number of halogens is 2. The van der Waals surface area contributed by atoms with E-state index in [1.54, 1.807) is 12.1 Å². The van der Waals surface area contributed by atoms with Crippen LogP contribution in [0.3, 0.4) is 0 Å². The Balaban J connectivity index is 0.00000133. The Kier molecular flexibility index (Phi) is 4.43. The fourth-order valence-electron chi connectivity index (χ4n) is 2.99. The molecule has 2 aliphatic rings. The minimum absolute atomic E-state index is 0. The number of hydrogen-bond donors (Lipinski definition) is 1. The van der Waals surface area contributed by atoms with E-state index < -0.39 is 0 Å². The van der Waals surface area contributed by atoms with Crippen LogP contribution in [-0.2, 0) is 0 Å². The molecule has 0 bridgehead atoms. The number of nitrogens with zero attached hydrogens (tertiary/aromatic N) is 1. The summed E-state index contributed by atoms with van der Waals surface area (Å²) in [7, 11) is 0. The molecule has 0 aromatic carbocycles. The van der Waals surface area contributed by atoms with E-state index in [2.05, 4.69) is 5.32 Å². The Morgan fingerprint density at radius 1 is 1.32 bits per heavy atom. The van der Waals surface area contributed by atoms with Crippen LogP contribution in [0.15, 0.2) is 16.5 Å². The van der Waals surface area contributed by atoms with Crippen LogP contribution in [0.25, 0.3) is 0 Å². The van der Waals surface area contributed by atoms with Gasteiger partial charge in [0, 0.05) is 19.6 Å². The van der Waals surface area contributed by atoms with E-state index in [9.17, 15) is 4.79 Å². The van der Waals surface area contributed by atoms with Crippen LogP contribution >= 0.6 is 24.0 Å². The lowest BCUT2D eigenvalue weighted by molar-refractivity contribution is 0.0577. The number of carbonyl (C=O) groups is 1. The summed E-state index contributed by atoms with van der Waals surface area (Å²) in [5, 5.41) is 3.69. The number of nitrogens with one attached hydrogen (secondary N) is 1. The molecule has 0 radical (unpaired) electrons. The zero-order chi connectivity index (χ0) is 12.6. The third-order valence-electron chi connectivity index (χ3n) is 4.23. The Labute approximate surface area is 123 Å². The molecule has 1 aromatic rings. The number of furan rings is 1. The topological polar surface area (TPSA) is 45.5 Å². The van der Waals surface area contributed by atoms with Gasteiger partial charge in [-0.3, -0.25) is 4.79 Å². The molecule has 3 rings (SSSR count). The van der Waals surface area contributed by atoms with Gasteiger partial charge in [-0.15, -0.1) is 12.4 Å². The second kappa shape index (κ2) is 5.73. The average Bonchev–Trinajstić information content (AvgIpc) is 3.00. The molecule has 0 unspecified atom stereocenters. The van der Waals surface area contributed by atoms with Gasteiger partial charge in [0.05, 0.1) is 0 Å². The number of carbonyl (C=O) groups excluding carboxylic acids is 1. The van der Waals surface area contributed by atoms with Crippen molar-refractivity contribution in [2.45, 2.75) is 19.3 Å². The minimum atomic E-state index is -0.0392. The minimum Gasteiger partial charge on any atom is -0.440 e. The summed E-state index contributed by atoms with van der Waals surface area (Å²) >= 11 is 5.70. The molecule has 2 saturated heterocycles. The number of rotatable bonds is 1. The van der Waals surface area contributed by atoms with Crippen LogP contribution in [0, 0.1) is 5.41 Å². The molecule has 3 heterocycles. The molecule has 1 aromatic heterocycles. The van der Waals surface area contributed by atoms with Crippen molar-refractivity contribution in [3.05, 3.63) is 23.1 Å². The first-order valence-electron chi connectivity index (χ1n) is 6.44. The van der Waals surface area contributed by atoms with Gasteiger partial charge in [-0.25, -0.2) is 0 Å². The summed E-state index contributed by atoms with van der Waals surface area (Å²) < 4.78 is 5.18. The molecule has 0 atom stereocenters. The van der Waals surface area contributed by atoms with Crippen LogP contribution in [0.2, 0.25) is 5.22 Å². The highest BCUT2D eigenvalue weighted by Gasteiger charge is 2.38. The molecule has 0 saturated carbocycles. The third kappa shape index (κ3) is 2.91. The number of likely N-dealkylation sites (tertiary alicyclic amines) is 1. The summed E-state index contributed by atoms with van der Waals surface area (Å²) in [5.74, 6) is 0.309. The molecule has 2 fully saturated rings. The molecule has 6 heteroatoms. The van der Waals surface area contributed by atoms with E-state index in [0.717, 1.165) is 39.0 Å². The van der Waals surface area contributed by atoms with Crippen LogP contribution in [0.1, 0.15) is 29.8 Å². The molecular weight excluding hydrogens is 287 g/mol.